The van der Waals surface area contributed by atoms with Gasteiger partial charge in [-0.2, -0.15) is 0 Å². The van der Waals surface area contributed by atoms with Crippen molar-refractivity contribution in [2.45, 2.75) is 19.8 Å². The molecule has 0 radical (unpaired) electrons. The van der Waals surface area contributed by atoms with Gasteiger partial charge in [0.05, 0.1) is 19.4 Å². The van der Waals surface area contributed by atoms with Crippen molar-refractivity contribution in [2.75, 3.05) is 46.4 Å². The molecular weight excluding hydrogens is 435 g/mol. The molecule has 1 fully saturated rings. The number of aliphatic imine (C=N–C) groups is 1. The highest BCUT2D eigenvalue weighted by Crippen LogP contribution is 2.28. The van der Waals surface area contributed by atoms with Crippen LogP contribution in [-0.2, 0) is 4.74 Å². The number of hydrogen-bond acceptors (Lipinski definition) is 4. The van der Waals surface area contributed by atoms with Gasteiger partial charge in [0.1, 0.15) is 0 Å². The maximum absolute atomic E-state index is 11.7. The van der Waals surface area contributed by atoms with Gasteiger partial charge in [-0.3, -0.25) is 9.79 Å². The summed E-state index contributed by atoms with van der Waals surface area (Å²) in [5.74, 6) is 1.70. The number of carbonyl (C=O) groups excluding carboxylic acids is 1. The fraction of sp³-hybridized carbons (Fsp3) is 0.647. The van der Waals surface area contributed by atoms with Gasteiger partial charge in [0.2, 0.25) is 0 Å². The van der Waals surface area contributed by atoms with Crippen LogP contribution < -0.4 is 10.6 Å². The number of rotatable bonds is 10. The lowest BCUT2D eigenvalue weighted by Gasteiger charge is -2.22. The molecule has 0 unspecified atom stereocenters. The Labute approximate surface area is 166 Å². The summed E-state index contributed by atoms with van der Waals surface area (Å²) in [6, 6.07) is 3.33. The average Bonchev–Trinajstić information content (AvgIpc) is 3.24. The standard InChI is InChI=1S/C17H28N4O3.HI/c1-3-18-17(21(2)10-12-23-13-14-6-7-14)20-9-8-19-16(22)15-5-4-11-24-15;/h4-5,11,14H,3,6-10,12-13H2,1-2H3,(H,18,20)(H,19,22);1H. The lowest BCUT2D eigenvalue weighted by atomic mass is 10.4. The van der Waals surface area contributed by atoms with Crippen molar-refractivity contribution in [2.24, 2.45) is 10.9 Å². The second-order valence-corrected chi connectivity index (χ2v) is 5.91. The minimum atomic E-state index is -0.220. The van der Waals surface area contributed by atoms with Gasteiger partial charge in [-0.15, -0.1) is 24.0 Å². The molecule has 1 aromatic heterocycles. The van der Waals surface area contributed by atoms with Crippen LogP contribution in [0, 0.1) is 5.92 Å². The van der Waals surface area contributed by atoms with E-state index in [4.69, 9.17) is 9.15 Å². The molecule has 1 aromatic rings. The zero-order valence-corrected chi connectivity index (χ0v) is 17.3. The van der Waals surface area contributed by atoms with Crippen LogP contribution in [0.3, 0.4) is 0 Å². The van der Waals surface area contributed by atoms with Gasteiger partial charge in [-0.25, -0.2) is 0 Å². The molecule has 1 aliphatic carbocycles. The third kappa shape index (κ3) is 8.57. The minimum absolute atomic E-state index is 0. The van der Waals surface area contributed by atoms with Crippen molar-refractivity contribution in [3.8, 4) is 0 Å². The summed E-state index contributed by atoms with van der Waals surface area (Å²) in [7, 11) is 1.99. The maximum Gasteiger partial charge on any atom is 0.287 e. The number of hydrogen-bond donors (Lipinski definition) is 2. The Hall–Kier alpha value is -1.29. The van der Waals surface area contributed by atoms with E-state index in [9.17, 15) is 4.79 Å². The maximum atomic E-state index is 11.7. The molecule has 7 nitrogen and oxygen atoms in total. The summed E-state index contributed by atoms with van der Waals surface area (Å²) in [4.78, 5) is 18.3. The molecule has 0 bridgehead atoms. The van der Waals surface area contributed by atoms with Crippen LogP contribution in [0.1, 0.15) is 30.3 Å². The molecule has 142 valence electrons. The van der Waals surface area contributed by atoms with E-state index in [1.165, 1.54) is 19.1 Å². The number of nitrogens with zero attached hydrogens (tertiary/aromatic N) is 2. The second-order valence-electron chi connectivity index (χ2n) is 5.91. The number of likely N-dealkylation sites (N-methyl/N-ethyl adjacent to an activating group) is 1. The molecule has 0 saturated heterocycles. The number of ether oxygens (including phenoxy) is 1. The van der Waals surface area contributed by atoms with E-state index in [0.29, 0.717) is 25.5 Å². The fourth-order valence-corrected chi connectivity index (χ4v) is 2.14. The van der Waals surface area contributed by atoms with E-state index in [1.807, 2.05) is 18.9 Å². The Kier molecular flexibility index (Phi) is 10.6. The molecule has 0 spiro atoms. The van der Waals surface area contributed by atoms with Gasteiger partial charge < -0.3 is 24.7 Å². The van der Waals surface area contributed by atoms with E-state index in [1.54, 1.807) is 12.1 Å². The molecule has 2 rings (SSSR count). The van der Waals surface area contributed by atoms with Gasteiger partial charge in [0.25, 0.3) is 5.91 Å². The number of halogens is 1. The minimum Gasteiger partial charge on any atom is -0.459 e. The number of nitrogens with one attached hydrogen (secondary N) is 2. The summed E-state index contributed by atoms with van der Waals surface area (Å²) in [5.41, 5.74) is 0. The van der Waals surface area contributed by atoms with Gasteiger partial charge in [0, 0.05) is 33.3 Å². The molecule has 1 amide bonds. The van der Waals surface area contributed by atoms with Gasteiger partial charge in [-0.1, -0.05) is 0 Å². The molecular formula is C17H29IN4O3. The predicted octanol–water partition coefficient (Wildman–Crippen LogP) is 1.95. The normalized spacial score (nSPS) is 13.9. The van der Waals surface area contributed by atoms with Crippen molar-refractivity contribution in [3.63, 3.8) is 0 Å². The van der Waals surface area contributed by atoms with Crippen molar-refractivity contribution in [1.82, 2.24) is 15.5 Å². The molecule has 1 heterocycles. The molecule has 2 N–H and O–H groups in total. The van der Waals surface area contributed by atoms with Crippen molar-refractivity contribution >= 4 is 35.8 Å². The highest BCUT2D eigenvalue weighted by atomic mass is 127. The van der Waals surface area contributed by atoms with Gasteiger partial charge in [-0.05, 0) is 37.8 Å². The Morgan fingerprint density at radius 1 is 1.44 bits per heavy atom. The Morgan fingerprint density at radius 2 is 2.24 bits per heavy atom. The van der Waals surface area contributed by atoms with E-state index >= 15 is 0 Å². The summed E-state index contributed by atoms with van der Waals surface area (Å²) < 4.78 is 10.7. The van der Waals surface area contributed by atoms with Crippen LogP contribution in [0.4, 0.5) is 0 Å². The van der Waals surface area contributed by atoms with Crippen LogP contribution >= 0.6 is 24.0 Å². The first-order valence-electron chi connectivity index (χ1n) is 8.59. The van der Waals surface area contributed by atoms with Crippen LogP contribution in [0.2, 0.25) is 0 Å². The SMILES string of the molecule is CCNC(=NCCNC(=O)c1ccco1)N(C)CCOCC1CC1.I. The number of amides is 1. The second kappa shape index (κ2) is 12.1. The largest absolute Gasteiger partial charge is 0.459 e. The summed E-state index contributed by atoms with van der Waals surface area (Å²) >= 11 is 0. The quantitative estimate of drug-likeness (QED) is 0.240. The molecule has 25 heavy (non-hydrogen) atoms. The van der Waals surface area contributed by atoms with E-state index in [0.717, 1.165) is 31.6 Å². The van der Waals surface area contributed by atoms with E-state index < -0.39 is 0 Å². The zero-order valence-electron chi connectivity index (χ0n) is 15.0. The monoisotopic (exact) mass is 464 g/mol. The fourth-order valence-electron chi connectivity index (χ4n) is 2.14. The highest BCUT2D eigenvalue weighted by Gasteiger charge is 2.21. The average molecular weight is 464 g/mol. The number of furan rings is 1. The Balaban J connectivity index is 0.00000312. The molecule has 0 atom stereocenters. The third-order valence-electron chi connectivity index (χ3n) is 3.72. The summed E-state index contributed by atoms with van der Waals surface area (Å²) in [6.07, 6.45) is 4.10. The van der Waals surface area contributed by atoms with Crippen molar-refractivity contribution in [3.05, 3.63) is 24.2 Å². The van der Waals surface area contributed by atoms with Crippen LogP contribution in [-0.4, -0.2) is 63.2 Å². The number of carbonyl (C=O) groups is 1. The highest BCUT2D eigenvalue weighted by molar-refractivity contribution is 14.0. The number of guanidine groups is 1. The van der Waals surface area contributed by atoms with E-state index in [2.05, 4.69) is 15.6 Å². The van der Waals surface area contributed by atoms with Crippen molar-refractivity contribution in [1.29, 1.82) is 0 Å². The Morgan fingerprint density at radius 3 is 2.88 bits per heavy atom. The van der Waals surface area contributed by atoms with Crippen molar-refractivity contribution < 1.29 is 13.9 Å². The smallest absolute Gasteiger partial charge is 0.287 e. The molecule has 0 aliphatic heterocycles. The lowest BCUT2D eigenvalue weighted by molar-refractivity contribution is 0.0927. The lowest BCUT2D eigenvalue weighted by Crippen LogP contribution is -2.41. The molecule has 8 heteroatoms. The van der Waals surface area contributed by atoms with Gasteiger partial charge in [0.15, 0.2) is 11.7 Å². The first-order chi connectivity index (χ1) is 11.7. The predicted molar refractivity (Wildman–Crippen MR) is 109 cm³/mol. The van der Waals surface area contributed by atoms with Crippen LogP contribution in [0.5, 0.6) is 0 Å². The zero-order chi connectivity index (χ0) is 17.2. The summed E-state index contributed by atoms with van der Waals surface area (Å²) in [6.45, 7) is 6.16. The first-order valence-corrected chi connectivity index (χ1v) is 8.59. The Bertz CT molecular complexity index is 518. The molecule has 1 aliphatic rings. The first kappa shape index (κ1) is 21.8. The van der Waals surface area contributed by atoms with Crippen LogP contribution in [0.25, 0.3) is 0 Å². The molecule has 1 saturated carbocycles. The summed E-state index contributed by atoms with van der Waals surface area (Å²) in [5, 5.41) is 6.03. The van der Waals surface area contributed by atoms with Crippen LogP contribution in [0.15, 0.2) is 27.8 Å². The third-order valence-corrected chi connectivity index (χ3v) is 3.72. The topological polar surface area (TPSA) is 79.1 Å². The molecule has 0 aromatic carbocycles. The van der Waals surface area contributed by atoms with E-state index in [-0.39, 0.29) is 29.9 Å². The van der Waals surface area contributed by atoms with Gasteiger partial charge >= 0.3 is 0 Å².